The Bertz CT molecular complexity index is 193. The van der Waals surface area contributed by atoms with E-state index in [1.165, 1.54) is 0 Å². The topological polar surface area (TPSA) is 32.9 Å². The van der Waals surface area contributed by atoms with Gasteiger partial charge in [-0.15, -0.1) is 11.6 Å². The number of alkyl halides is 1. The van der Waals surface area contributed by atoms with Crippen molar-refractivity contribution in [2.75, 3.05) is 5.88 Å². The molecule has 0 aromatic carbocycles. The standard InChI is InChI=1S/C6H6ClNO/c7-3-6(9)5-1-2-8-4-5/h1-2,4,8H,3H2. The third kappa shape index (κ3) is 1.33. The lowest BCUT2D eigenvalue weighted by atomic mass is 10.2. The lowest BCUT2D eigenvalue weighted by Gasteiger charge is -1.85. The number of Topliss-reactive ketones (excluding diaryl/α,β-unsaturated/α-hetero) is 1. The highest BCUT2D eigenvalue weighted by atomic mass is 35.5. The molecule has 0 bridgehead atoms. The minimum Gasteiger partial charge on any atom is -0.367 e. The quantitative estimate of drug-likeness (QED) is 0.493. The van der Waals surface area contributed by atoms with Crippen LogP contribution < -0.4 is 0 Å². The normalized spacial score (nSPS) is 9.44. The molecular weight excluding hydrogens is 138 g/mol. The number of hydrogen-bond acceptors (Lipinski definition) is 1. The first-order valence-electron chi connectivity index (χ1n) is 2.56. The second-order valence-electron chi connectivity index (χ2n) is 1.66. The molecule has 48 valence electrons. The van der Waals surface area contributed by atoms with Crippen molar-refractivity contribution in [3.8, 4) is 0 Å². The number of ketones is 1. The van der Waals surface area contributed by atoms with Crippen molar-refractivity contribution >= 4 is 17.4 Å². The van der Waals surface area contributed by atoms with Gasteiger partial charge in [0.05, 0.1) is 5.88 Å². The lowest BCUT2D eigenvalue weighted by molar-refractivity contribution is 0.102. The van der Waals surface area contributed by atoms with Gasteiger partial charge in [-0.2, -0.15) is 0 Å². The highest BCUT2D eigenvalue weighted by Gasteiger charge is 2.01. The first-order valence-corrected chi connectivity index (χ1v) is 3.10. The Kier molecular flexibility index (Phi) is 1.90. The predicted octanol–water partition coefficient (Wildman–Crippen LogP) is 1.44. The van der Waals surface area contributed by atoms with Crippen molar-refractivity contribution in [1.82, 2.24) is 4.98 Å². The lowest BCUT2D eigenvalue weighted by Crippen LogP contribution is -1.96. The van der Waals surface area contributed by atoms with Gasteiger partial charge in [0, 0.05) is 18.0 Å². The van der Waals surface area contributed by atoms with Crippen LogP contribution in [0.4, 0.5) is 0 Å². The summed E-state index contributed by atoms with van der Waals surface area (Å²) in [5.41, 5.74) is 0.644. The first-order chi connectivity index (χ1) is 4.34. The Labute approximate surface area is 57.8 Å². The van der Waals surface area contributed by atoms with Crippen LogP contribution in [0.1, 0.15) is 10.4 Å². The molecule has 0 aliphatic heterocycles. The molecule has 0 fully saturated rings. The SMILES string of the molecule is O=C(CCl)c1cc[nH]c1. The second-order valence-corrected chi connectivity index (χ2v) is 1.92. The van der Waals surface area contributed by atoms with Gasteiger partial charge in [0.15, 0.2) is 5.78 Å². The minimum absolute atomic E-state index is 0.0436. The van der Waals surface area contributed by atoms with Crippen LogP contribution >= 0.6 is 11.6 Å². The maximum atomic E-state index is 10.7. The number of carbonyl (C=O) groups excluding carboxylic acids is 1. The van der Waals surface area contributed by atoms with E-state index in [2.05, 4.69) is 4.98 Å². The van der Waals surface area contributed by atoms with Gasteiger partial charge >= 0.3 is 0 Å². The molecule has 0 saturated carbocycles. The van der Waals surface area contributed by atoms with Crippen LogP contribution in [-0.2, 0) is 0 Å². The zero-order chi connectivity index (χ0) is 6.69. The van der Waals surface area contributed by atoms with E-state index in [1.807, 2.05) is 0 Å². The molecule has 1 rings (SSSR count). The van der Waals surface area contributed by atoms with Crippen LogP contribution in [0.3, 0.4) is 0 Å². The van der Waals surface area contributed by atoms with E-state index in [-0.39, 0.29) is 11.7 Å². The Morgan fingerprint density at radius 1 is 1.78 bits per heavy atom. The molecule has 1 N–H and O–H groups in total. The summed E-state index contributed by atoms with van der Waals surface area (Å²) in [6, 6.07) is 1.70. The molecule has 1 heterocycles. The van der Waals surface area contributed by atoms with E-state index in [1.54, 1.807) is 18.5 Å². The van der Waals surface area contributed by atoms with Crippen LogP contribution in [0.15, 0.2) is 18.5 Å². The van der Waals surface area contributed by atoms with Gasteiger partial charge in [-0.25, -0.2) is 0 Å². The molecule has 1 aromatic rings. The van der Waals surface area contributed by atoms with Gasteiger partial charge in [0.2, 0.25) is 0 Å². The van der Waals surface area contributed by atoms with Crippen LogP contribution in [-0.4, -0.2) is 16.6 Å². The molecule has 0 unspecified atom stereocenters. The fourth-order valence-electron chi connectivity index (χ4n) is 0.574. The van der Waals surface area contributed by atoms with Gasteiger partial charge < -0.3 is 4.98 Å². The van der Waals surface area contributed by atoms with Gasteiger partial charge in [-0.1, -0.05) is 0 Å². The van der Waals surface area contributed by atoms with Crippen molar-refractivity contribution in [2.24, 2.45) is 0 Å². The van der Waals surface area contributed by atoms with Crippen LogP contribution in [0.5, 0.6) is 0 Å². The third-order valence-electron chi connectivity index (χ3n) is 1.04. The molecule has 0 amide bonds. The molecule has 0 atom stereocenters. The average molecular weight is 144 g/mol. The summed E-state index contributed by atoms with van der Waals surface area (Å²) in [4.78, 5) is 13.5. The fraction of sp³-hybridized carbons (Fsp3) is 0.167. The number of H-pyrrole nitrogens is 1. The molecule has 0 radical (unpaired) electrons. The van der Waals surface area contributed by atoms with Gasteiger partial charge in [-0.3, -0.25) is 4.79 Å². The number of aromatic nitrogens is 1. The molecular formula is C6H6ClNO. The van der Waals surface area contributed by atoms with Gasteiger partial charge in [-0.05, 0) is 6.07 Å². The highest BCUT2D eigenvalue weighted by molar-refractivity contribution is 6.30. The second kappa shape index (κ2) is 2.69. The molecule has 9 heavy (non-hydrogen) atoms. The van der Waals surface area contributed by atoms with Crippen molar-refractivity contribution in [3.63, 3.8) is 0 Å². The third-order valence-corrected chi connectivity index (χ3v) is 1.28. The predicted molar refractivity (Wildman–Crippen MR) is 35.8 cm³/mol. The zero-order valence-corrected chi connectivity index (χ0v) is 5.48. The molecule has 1 aromatic heterocycles. The van der Waals surface area contributed by atoms with Crippen molar-refractivity contribution in [3.05, 3.63) is 24.0 Å². The van der Waals surface area contributed by atoms with E-state index >= 15 is 0 Å². The summed E-state index contributed by atoms with van der Waals surface area (Å²) in [6.45, 7) is 0. The summed E-state index contributed by atoms with van der Waals surface area (Å²) in [5.74, 6) is 0.00983. The minimum atomic E-state index is -0.0436. The maximum Gasteiger partial charge on any atom is 0.179 e. The van der Waals surface area contributed by atoms with Crippen LogP contribution in [0, 0.1) is 0 Å². The van der Waals surface area contributed by atoms with Gasteiger partial charge in [0.25, 0.3) is 0 Å². The zero-order valence-electron chi connectivity index (χ0n) is 4.73. The molecule has 0 aliphatic carbocycles. The Morgan fingerprint density at radius 2 is 2.56 bits per heavy atom. The van der Waals surface area contributed by atoms with Crippen molar-refractivity contribution in [2.45, 2.75) is 0 Å². The molecule has 0 aliphatic rings. The van der Waals surface area contributed by atoms with E-state index in [0.29, 0.717) is 5.56 Å². The largest absolute Gasteiger partial charge is 0.367 e. The van der Waals surface area contributed by atoms with Crippen LogP contribution in [0.25, 0.3) is 0 Å². The first kappa shape index (κ1) is 6.36. The number of carbonyl (C=O) groups is 1. The van der Waals surface area contributed by atoms with Gasteiger partial charge in [0.1, 0.15) is 0 Å². The molecule has 3 heteroatoms. The smallest absolute Gasteiger partial charge is 0.179 e. The monoisotopic (exact) mass is 143 g/mol. The Balaban J connectivity index is 2.77. The van der Waals surface area contributed by atoms with E-state index in [0.717, 1.165) is 0 Å². The van der Waals surface area contributed by atoms with Crippen LogP contribution in [0.2, 0.25) is 0 Å². The Morgan fingerprint density at radius 3 is 3.00 bits per heavy atom. The van der Waals surface area contributed by atoms with E-state index in [9.17, 15) is 4.79 Å². The van der Waals surface area contributed by atoms with Crippen molar-refractivity contribution in [1.29, 1.82) is 0 Å². The number of nitrogens with one attached hydrogen (secondary N) is 1. The maximum absolute atomic E-state index is 10.7. The number of hydrogen-bond donors (Lipinski definition) is 1. The highest BCUT2D eigenvalue weighted by Crippen LogP contribution is 1.98. The number of halogens is 1. The molecule has 0 saturated heterocycles. The van der Waals surface area contributed by atoms with E-state index < -0.39 is 0 Å². The number of rotatable bonds is 2. The summed E-state index contributed by atoms with van der Waals surface area (Å²) in [5, 5.41) is 0. The summed E-state index contributed by atoms with van der Waals surface area (Å²) < 4.78 is 0. The molecule has 0 spiro atoms. The summed E-state index contributed by atoms with van der Waals surface area (Å²) in [7, 11) is 0. The van der Waals surface area contributed by atoms with Crippen molar-refractivity contribution < 1.29 is 4.79 Å². The average Bonchev–Trinajstić information content (AvgIpc) is 2.37. The Hall–Kier alpha value is -0.760. The summed E-state index contributed by atoms with van der Waals surface area (Å²) in [6.07, 6.45) is 3.32. The van der Waals surface area contributed by atoms with E-state index in [4.69, 9.17) is 11.6 Å². The molecule has 2 nitrogen and oxygen atoms in total. The summed E-state index contributed by atoms with van der Waals surface area (Å²) >= 11 is 5.28. The number of aromatic amines is 1. The fourth-order valence-corrected chi connectivity index (χ4v) is 0.729.